The lowest BCUT2D eigenvalue weighted by atomic mass is 10.2. The van der Waals surface area contributed by atoms with E-state index in [0.717, 1.165) is 11.3 Å². The maximum absolute atomic E-state index is 12.7. The molecule has 1 aromatic heterocycles. The average molecular weight is 477 g/mol. The number of aromatic nitrogens is 1. The van der Waals surface area contributed by atoms with Crippen molar-refractivity contribution in [3.05, 3.63) is 55.6 Å². The largest absolute Gasteiger partial charge is 0.355 e. The number of terminal acetylenes is 1. The minimum Gasteiger partial charge on any atom is -0.355 e. The van der Waals surface area contributed by atoms with Gasteiger partial charge in [0.05, 0.1) is 13.1 Å². The Morgan fingerprint density at radius 3 is 2.68 bits per heavy atom. The van der Waals surface area contributed by atoms with E-state index in [1.807, 2.05) is 14.1 Å². The van der Waals surface area contributed by atoms with Gasteiger partial charge in [0.15, 0.2) is 5.57 Å². The lowest BCUT2D eigenvalue weighted by Crippen LogP contribution is -2.30. The number of hydrogen-bond acceptors (Lipinski definition) is 7. The van der Waals surface area contributed by atoms with Gasteiger partial charge in [-0.05, 0) is 39.2 Å². The summed E-state index contributed by atoms with van der Waals surface area (Å²) < 4.78 is 1.99. The third-order valence-electron chi connectivity index (χ3n) is 4.17. The first-order valence-electron chi connectivity index (χ1n) is 10.2. The summed E-state index contributed by atoms with van der Waals surface area (Å²) >= 11 is 1.05. The first-order valence-corrected chi connectivity index (χ1v) is 11.0. The van der Waals surface area contributed by atoms with E-state index >= 15 is 0 Å². The molecule has 1 aromatic carbocycles. The third-order valence-corrected chi connectivity index (χ3v) is 5.18. The summed E-state index contributed by atoms with van der Waals surface area (Å²) in [5, 5.41) is 17.5. The maximum atomic E-state index is 12.7. The number of likely N-dealkylation sites (N-methyl/N-ethyl adjacent to an activating group) is 1. The normalized spacial score (nSPS) is 9.71. The van der Waals surface area contributed by atoms with Gasteiger partial charge in [-0.1, -0.05) is 34.8 Å². The molecule has 0 unspecified atom stereocenters. The molecule has 0 saturated heterocycles. The van der Waals surface area contributed by atoms with E-state index in [1.54, 1.807) is 42.2 Å². The molecule has 0 spiro atoms. The van der Waals surface area contributed by atoms with Gasteiger partial charge in [-0.2, -0.15) is 5.26 Å². The molecule has 0 aliphatic heterocycles. The van der Waals surface area contributed by atoms with E-state index in [4.69, 9.17) is 6.42 Å². The Balaban J connectivity index is 2.38. The van der Waals surface area contributed by atoms with E-state index in [-0.39, 0.29) is 34.7 Å². The number of nitrogens with one attached hydrogen (secondary N) is 3. The monoisotopic (exact) mass is 476 g/mol. The molecule has 0 bridgehead atoms. The standard InChI is InChI=1S/C24H24N6O3S/c1-5-11-27-23(32)17(15-25)13-22-30(6-2)24(33)20(34-22)10-12-26-18-8-7-9-19(14-18)28-21(31)16-29(3)4/h1,7-9,12,14,26H,6,11,16H2,2-4H3,(H,27,32)(H,28,31). The van der Waals surface area contributed by atoms with Gasteiger partial charge in [0, 0.05) is 24.1 Å². The zero-order chi connectivity index (χ0) is 25.1. The number of nitrogens with zero attached hydrogens (tertiary/aromatic N) is 3. The quantitative estimate of drug-likeness (QED) is 0.281. The number of thiazole rings is 1. The van der Waals surface area contributed by atoms with Gasteiger partial charge in [0.2, 0.25) is 5.91 Å². The zero-order valence-electron chi connectivity index (χ0n) is 19.1. The van der Waals surface area contributed by atoms with Crippen LogP contribution >= 0.6 is 11.3 Å². The number of anilines is 2. The first-order chi connectivity index (χ1) is 16.3. The highest BCUT2D eigenvalue weighted by Gasteiger charge is 2.08. The predicted molar refractivity (Wildman–Crippen MR) is 133 cm³/mol. The molecule has 174 valence electrons. The highest BCUT2D eigenvalue weighted by molar-refractivity contribution is 7.07. The predicted octanol–water partition coefficient (Wildman–Crippen LogP) is 0.0138. The Morgan fingerprint density at radius 1 is 1.29 bits per heavy atom. The van der Waals surface area contributed by atoms with Crippen LogP contribution in [0.25, 0.3) is 11.5 Å². The van der Waals surface area contributed by atoms with Crippen LogP contribution in [0.4, 0.5) is 11.4 Å². The summed E-state index contributed by atoms with van der Waals surface area (Å²) in [6.45, 7) is 2.34. The molecule has 0 atom stereocenters. The van der Waals surface area contributed by atoms with Crippen LogP contribution in [0.5, 0.6) is 0 Å². The van der Waals surface area contributed by atoms with Crippen molar-refractivity contribution in [2.45, 2.75) is 13.5 Å². The average Bonchev–Trinajstić information content (AvgIpc) is 3.09. The fourth-order valence-corrected chi connectivity index (χ4v) is 3.69. The molecule has 0 saturated carbocycles. The Hall–Kier alpha value is -4.30. The highest BCUT2D eigenvalue weighted by Crippen LogP contribution is 2.14. The van der Waals surface area contributed by atoms with Crippen LogP contribution < -0.4 is 30.7 Å². The van der Waals surface area contributed by atoms with Crippen LogP contribution in [-0.2, 0) is 16.1 Å². The Bertz CT molecular complexity index is 1410. The minimum atomic E-state index is -0.663. The second-order valence-electron chi connectivity index (χ2n) is 7.08. The number of amides is 2. The van der Waals surface area contributed by atoms with Gasteiger partial charge < -0.3 is 20.9 Å². The SMILES string of the molecule is C#CCNC(=O)C(=C=c1sc(=C=CNc2cccc(NC(=O)CN(C)C)c2)c(=O)n1CC)C#N. The number of nitriles is 1. The Labute approximate surface area is 201 Å². The van der Waals surface area contributed by atoms with Crippen LogP contribution in [0.2, 0.25) is 0 Å². The smallest absolute Gasteiger partial charge is 0.277 e. The van der Waals surface area contributed by atoms with Crippen molar-refractivity contribution in [2.75, 3.05) is 37.8 Å². The topological polar surface area (TPSA) is 119 Å². The molecule has 34 heavy (non-hydrogen) atoms. The van der Waals surface area contributed by atoms with Gasteiger partial charge in [-0.25, -0.2) is 0 Å². The molecular weight excluding hydrogens is 452 g/mol. The van der Waals surface area contributed by atoms with Gasteiger partial charge in [-0.15, -0.1) is 6.42 Å². The molecule has 3 N–H and O–H groups in total. The third kappa shape index (κ3) is 7.39. The molecule has 10 heteroatoms. The summed E-state index contributed by atoms with van der Waals surface area (Å²) in [7, 11) is 3.62. The number of hydrogen-bond donors (Lipinski definition) is 3. The van der Waals surface area contributed by atoms with E-state index in [1.165, 1.54) is 10.8 Å². The second-order valence-corrected chi connectivity index (χ2v) is 8.08. The van der Waals surface area contributed by atoms with E-state index in [9.17, 15) is 19.6 Å². The first kappa shape index (κ1) is 26.0. The maximum Gasteiger partial charge on any atom is 0.277 e. The second kappa shape index (κ2) is 12.7. The Morgan fingerprint density at radius 2 is 2.03 bits per heavy atom. The van der Waals surface area contributed by atoms with Crippen LogP contribution in [0.3, 0.4) is 0 Å². The van der Waals surface area contributed by atoms with Crippen molar-refractivity contribution in [3.63, 3.8) is 0 Å². The molecule has 9 nitrogen and oxygen atoms in total. The van der Waals surface area contributed by atoms with Crippen molar-refractivity contribution in [2.24, 2.45) is 0 Å². The molecular formula is C24H24N6O3S. The fraction of sp³-hybridized carbons (Fsp3) is 0.250. The van der Waals surface area contributed by atoms with Gasteiger partial charge in [0.25, 0.3) is 11.5 Å². The van der Waals surface area contributed by atoms with Crippen LogP contribution in [-0.4, -0.2) is 48.5 Å². The number of benzene rings is 1. The van der Waals surface area contributed by atoms with Crippen molar-refractivity contribution in [1.29, 1.82) is 5.26 Å². The fourth-order valence-electron chi connectivity index (χ4n) is 2.70. The molecule has 2 amide bonds. The summed E-state index contributed by atoms with van der Waals surface area (Å²) in [5.41, 5.74) is 6.31. The molecule has 2 aromatic rings. The summed E-state index contributed by atoms with van der Waals surface area (Å²) in [6, 6.07) is 8.88. The van der Waals surface area contributed by atoms with E-state index in [2.05, 4.69) is 33.3 Å². The minimum absolute atomic E-state index is 0.0231. The van der Waals surface area contributed by atoms with Crippen LogP contribution in [0.15, 0.2) is 40.8 Å². The van der Waals surface area contributed by atoms with E-state index < -0.39 is 5.91 Å². The molecule has 1 heterocycles. The highest BCUT2D eigenvalue weighted by atomic mass is 32.1. The summed E-state index contributed by atoms with van der Waals surface area (Å²) in [4.78, 5) is 38.4. The van der Waals surface area contributed by atoms with Gasteiger partial charge in [0.1, 0.15) is 15.3 Å². The molecule has 0 aliphatic rings. The number of rotatable bonds is 8. The number of carbonyl (C=O) groups is 2. The van der Waals surface area contributed by atoms with Crippen molar-refractivity contribution in [1.82, 2.24) is 14.8 Å². The molecule has 0 fully saturated rings. The zero-order valence-corrected chi connectivity index (χ0v) is 19.9. The van der Waals surface area contributed by atoms with Crippen molar-refractivity contribution >= 4 is 46.0 Å². The van der Waals surface area contributed by atoms with Crippen molar-refractivity contribution in [3.8, 4) is 18.4 Å². The molecule has 0 radical (unpaired) electrons. The Kier molecular flexibility index (Phi) is 9.67. The summed E-state index contributed by atoms with van der Waals surface area (Å²) in [5.74, 6) is 1.46. The van der Waals surface area contributed by atoms with Gasteiger partial charge in [-0.3, -0.25) is 19.0 Å². The van der Waals surface area contributed by atoms with Crippen LogP contribution in [0, 0.1) is 23.7 Å². The van der Waals surface area contributed by atoms with Gasteiger partial charge >= 0.3 is 0 Å². The lowest BCUT2D eigenvalue weighted by molar-refractivity contribution is -0.117. The van der Waals surface area contributed by atoms with Crippen LogP contribution in [0.1, 0.15) is 6.92 Å². The van der Waals surface area contributed by atoms with Crippen molar-refractivity contribution < 1.29 is 9.59 Å². The molecule has 2 rings (SSSR count). The number of carbonyl (C=O) groups excluding carboxylic acids is 2. The summed E-state index contributed by atoms with van der Waals surface area (Å²) in [6.07, 6.45) is 6.59. The lowest BCUT2D eigenvalue weighted by Gasteiger charge is -2.10. The molecule has 0 aliphatic carbocycles. The van der Waals surface area contributed by atoms with E-state index in [0.29, 0.717) is 22.6 Å².